The van der Waals surface area contributed by atoms with Gasteiger partial charge in [-0.05, 0) is 24.1 Å². The first kappa shape index (κ1) is 16.1. The van der Waals surface area contributed by atoms with Crippen molar-refractivity contribution in [2.75, 3.05) is 20.6 Å². The van der Waals surface area contributed by atoms with E-state index in [0.29, 0.717) is 0 Å². The Bertz CT molecular complexity index is 469. The van der Waals surface area contributed by atoms with Crippen LogP contribution in [-0.2, 0) is 22.3 Å². The molecule has 0 aromatic heterocycles. The lowest BCUT2D eigenvalue weighted by atomic mass is 10.1. The minimum atomic E-state index is -3.31. The molecule has 1 aromatic carbocycles. The number of nitrogens with zero attached hydrogens (tertiary/aromatic N) is 1. The molecule has 0 bridgehead atoms. The predicted octanol–water partition coefficient (Wildman–Crippen LogP) is 1.08. The SMILES string of the molecule is CCCNCc1ccc(CS(=O)(=O)NN(C)C)cc1. The first-order chi connectivity index (χ1) is 8.93. The minimum Gasteiger partial charge on any atom is -0.313 e. The van der Waals surface area contributed by atoms with Crippen LogP contribution in [0.4, 0.5) is 0 Å². The Hall–Kier alpha value is -0.950. The van der Waals surface area contributed by atoms with Crippen LogP contribution in [0.2, 0.25) is 0 Å². The Morgan fingerprint density at radius 2 is 1.68 bits per heavy atom. The van der Waals surface area contributed by atoms with Gasteiger partial charge in [-0.15, -0.1) is 4.83 Å². The molecular weight excluding hydrogens is 262 g/mol. The van der Waals surface area contributed by atoms with Crippen LogP contribution in [-0.4, -0.2) is 34.1 Å². The largest absolute Gasteiger partial charge is 0.313 e. The van der Waals surface area contributed by atoms with Crippen molar-refractivity contribution in [1.82, 2.24) is 15.2 Å². The van der Waals surface area contributed by atoms with Crippen molar-refractivity contribution in [3.63, 3.8) is 0 Å². The van der Waals surface area contributed by atoms with Crippen LogP contribution in [0.1, 0.15) is 24.5 Å². The summed E-state index contributed by atoms with van der Waals surface area (Å²) in [6.45, 7) is 3.93. The number of hydrazine groups is 1. The molecule has 0 heterocycles. The monoisotopic (exact) mass is 285 g/mol. The second kappa shape index (κ2) is 7.59. The van der Waals surface area contributed by atoms with Crippen LogP contribution in [0.25, 0.3) is 0 Å². The predicted molar refractivity (Wildman–Crippen MR) is 77.9 cm³/mol. The highest BCUT2D eigenvalue weighted by atomic mass is 32.2. The van der Waals surface area contributed by atoms with E-state index in [9.17, 15) is 8.42 Å². The molecule has 0 fully saturated rings. The van der Waals surface area contributed by atoms with Gasteiger partial charge in [-0.25, -0.2) is 13.4 Å². The third-order valence-corrected chi connectivity index (χ3v) is 3.81. The summed E-state index contributed by atoms with van der Waals surface area (Å²) in [4.78, 5) is 2.42. The molecule has 0 atom stereocenters. The summed E-state index contributed by atoms with van der Waals surface area (Å²) < 4.78 is 23.5. The number of sulfonamides is 1. The quantitative estimate of drug-likeness (QED) is 0.554. The number of hydrogen-bond donors (Lipinski definition) is 2. The van der Waals surface area contributed by atoms with E-state index in [0.717, 1.165) is 30.6 Å². The van der Waals surface area contributed by atoms with Crippen LogP contribution in [0, 0.1) is 0 Å². The molecule has 2 N–H and O–H groups in total. The molecule has 1 aromatic rings. The van der Waals surface area contributed by atoms with Crippen molar-refractivity contribution in [2.24, 2.45) is 0 Å². The molecule has 0 saturated carbocycles. The van der Waals surface area contributed by atoms with Gasteiger partial charge < -0.3 is 5.32 Å². The molecule has 1 rings (SSSR count). The van der Waals surface area contributed by atoms with Gasteiger partial charge in [0, 0.05) is 20.6 Å². The molecular formula is C13H23N3O2S. The van der Waals surface area contributed by atoms with E-state index in [2.05, 4.69) is 17.1 Å². The van der Waals surface area contributed by atoms with E-state index < -0.39 is 10.0 Å². The van der Waals surface area contributed by atoms with Gasteiger partial charge in [-0.2, -0.15) is 0 Å². The first-order valence-corrected chi connectivity index (χ1v) is 8.04. The third-order valence-electron chi connectivity index (χ3n) is 2.46. The van der Waals surface area contributed by atoms with Crippen molar-refractivity contribution >= 4 is 10.0 Å². The maximum Gasteiger partial charge on any atom is 0.228 e. The van der Waals surface area contributed by atoms with E-state index in [1.54, 1.807) is 14.1 Å². The number of benzene rings is 1. The first-order valence-electron chi connectivity index (χ1n) is 6.39. The van der Waals surface area contributed by atoms with E-state index >= 15 is 0 Å². The average molecular weight is 285 g/mol. The van der Waals surface area contributed by atoms with Gasteiger partial charge in [0.2, 0.25) is 10.0 Å². The fourth-order valence-electron chi connectivity index (χ4n) is 1.69. The van der Waals surface area contributed by atoms with Gasteiger partial charge in [-0.1, -0.05) is 31.2 Å². The molecule has 0 amide bonds. The molecule has 5 nitrogen and oxygen atoms in total. The van der Waals surface area contributed by atoms with E-state index in [-0.39, 0.29) is 5.75 Å². The molecule has 108 valence electrons. The highest BCUT2D eigenvalue weighted by Gasteiger charge is 2.11. The summed E-state index contributed by atoms with van der Waals surface area (Å²) in [6.07, 6.45) is 1.10. The zero-order chi connectivity index (χ0) is 14.3. The summed E-state index contributed by atoms with van der Waals surface area (Å²) in [7, 11) is -0.00168. The highest BCUT2D eigenvalue weighted by Crippen LogP contribution is 2.08. The van der Waals surface area contributed by atoms with E-state index in [4.69, 9.17) is 0 Å². The standard InChI is InChI=1S/C13H23N3O2S/c1-4-9-14-10-12-5-7-13(8-6-12)11-19(17,18)15-16(2)3/h5-8,14-15H,4,9-11H2,1-3H3. The Balaban J connectivity index is 2.57. The van der Waals surface area contributed by atoms with Gasteiger partial charge in [0.15, 0.2) is 0 Å². The van der Waals surface area contributed by atoms with Crippen LogP contribution in [0.3, 0.4) is 0 Å². The second-order valence-corrected chi connectivity index (χ2v) is 6.44. The van der Waals surface area contributed by atoms with Gasteiger partial charge in [-0.3, -0.25) is 0 Å². The summed E-state index contributed by atoms with van der Waals surface area (Å²) in [5.41, 5.74) is 1.95. The summed E-state index contributed by atoms with van der Waals surface area (Å²) in [5.74, 6) is -0.00610. The van der Waals surface area contributed by atoms with Crippen LogP contribution in [0.15, 0.2) is 24.3 Å². The van der Waals surface area contributed by atoms with Crippen molar-refractivity contribution in [3.8, 4) is 0 Å². The maximum absolute atomic E-state index is 11.7. The molecule has 0 aliphatic carbocycles. The van der Waals surface area contributed by atoms with E-state index in [1.807, 2.05) is 24.3 Å². The average Bonchev–Trinajstić information content (AvgIpc) is 2.29. The second-order valence-electron chi connectivity index (χ2n) is 4.74. The molecule has 0 saturated heterocycles. The van der Waals surface area contributed by atoms with Crippen molar-refractivity contribution in [3.05, 3.63) is 35.4 Å². The third kappa shape index (κ3) is 6.68. The molecule has 0 aliphatic heterocycles. The molecule has 6 heteroatoms. The van der Waals surface area contributed by atoms with Crippen molar-refractivity contribution in [1.29, 1.82) is 0 Å². The molecule has 19 heavy (non-hydrogen) atoms. The van der Waals surface area contributed by atoms with Gasteiger partial charge in [0.05, 0.1) is 5.75 Å². The van der Waals surface area contributed by atoms with Crippen LogP contribution >= 0.6 is 0 Å². The normalized spacial score (nSPS) is 12.0. The van der Waals surface area contributed by atoms with Gasteiger partial charge >= 0.3 is 0 Å². The minimum absolute atomic E-state index is 0.00610. The Morgan fingerprint density at radius 1 is 1.11 bits per heavy atom. The zero-order valence-corrected chi connectivity index (χ0v) is 12.6. The summed E-state index contributed by atoms with van der Waals surface area (Å²) >= 11 is 0. The molecule has 0 unspecified atom stereocenters. The van der Waals surface area contributed by atoms with Crippen molar-refractivity contribution < 1.29 is 8.42 Å². The maximum atomic E-state index is 11.7. The van der Waals surface area contributed by atoms with E-state index in [1.165, 1.54) is 5.01 Å². The van der Waals surface area contributed by atoms with Gasteiger partial charge in [0.1, 0.15) is 0 Å². The number of nitrogens with one attached hydrogen (secondary N) is 2. The molecule has 0 aliphatic rings. The summed E-state index contributed by atoms with van der Waals surface area (Å²) in [5, 5.41) is 4.74. The smallest absolute Gasteiger partial charge is 0.228 e. The lowest BCUT2D eigenvalue weighted by Gasteiger charge is -2.12. The van der Waals surface area contributed by atoms with Crippen molar-refractivity contribution in [2.45, 2.75) is 25.6 Å². The Labute approximate surface area is 116 Å². The Kier molecular flexibility index (Phi) is 6.44. The van der Waals surface area contributed by atoms with Crippen LogP contribution in [0.5, 0.6) is 0 Å². The summed E-state index contributed by atoms with van der Waals surface area (Å²) in [6, 6.07) is 7.64. The highest BCUT2D eigenvalue weighted by molar-refractivity contribution is 7.88. The Morgan fingerprint density at radius 3 is 2.21 bits per heavy atom. The fourth-order valence-corrected chi connectivity index (χ4v) is 2.94. The zero-order valence-electron chi connectivity index (χ0n) is 11.8. The lowest BCUT2D eigenvalue weighted by Crippen LogP contribution is -2.36. The topological polar surface area (TPSA) is 61.4 Å². The fraction of sp³-hybridized carbons (Fsp3) is 0.538. The molecule has 0 spiro atoms. The lowest BCUT2D eigenvalue weighted by molar-refractivity contribution is 0.363. The number of rotatable bonds is 8. The van der Waals surface area contributed by atoms with Crippen LogP contribution < -0.4 is 10.1 Å². The number of hydrogen-bond acceptors (Lipinski definition) is 4. The van der Waals surface area contributed by atoms with Gasteiger partial charge in [0.25, 0.3) is 0 Å². The molecule has 0 radical (unpaired) electrons.